The number of para-hydroxylation sites is 1. The van der Waals surface area contributed by atoms with Crippen LogP contribution in [0.1, 0.15) is 29.7 Å². The Balaban J connectivity index is 1.63. The number of ether oxygens (including phenoxy) is 3. The molecule has 0 unspecified atom stereocenters. The van der Waals surface area contributed by atoms with Crippen LogP contribution in [0.4, 0.5) is 11.4 Å². The minimum absolute atomic E-state index is 0.170. The standard InChI is InChI=1S/C28H29N3O4S/c1-16-9-14-21(17(2)15-16)29-26(32)23-24-20-7-6-8-22(34-5)25(20)35-28(23,3)31(27(36)30-24)18-10-12-19(33-4)13-11-18/h6-15,23-24H,1-5H3,(H,29,32)(H,30,36)/t23-,24+,28+/m0/s1. The minimum Gasteiger partial charge on any atom is -0.497 e. The number of aryl methyl sites for hydroxylation is 2. The van der Waals surface area contributed by atoms with Gasteiger partial charge in [0.15, 0.2) is 22.3 Å². The van der Waals surface area contributed by atoms with Gasteiger partial charge in [-0.3, -0.25) is 9.69 Å². The summed E-state index contributed by atoms with van der Waals surface area (Å²) in [6, 6.07) is 18.8. The van der Waals surface area contributed by atoms with Crippen molar-refractivity contribution in [2.45, 2.75) is 32.5 Å². The molecule has 0 spiro atoms. The Morgan fingerprint density at radius 2 is 1.83 bits per heavy atom. The fourth-order valence-electron chi connectivity index (χ4n) is 5.22. The molecule has 0 saturated carbocycles. The summed E-state index contributed by atoms with van der Waals surface area (Å²) in [4.78, 5) is 15.9. The van der Waals surface area contributed by atoms with E-state index in [2.05, 4.69) is 10.6 Å². The van der Waals surface area contributed by atoms with Gasteiger partial charge in [0, 0.05) is 16.9 Å². The Hall–Kier alpha value is -3.78. The van der Waals surface area contributed by atoms with E-state index in [9.17, 15) is 4.79 Å². The summed E-state index contributed by atoms with van der Waals surface area (Å²) in [7, 11) is 3.23. The second-order valence-electron chi connectivity index (χ2n) is 9.28. The van der Waals surface area contributed by atoms with Gasteiger partial charge < -0.3 is 24.8 Å². The number of nitrogens with one attached hydrogen (secondary N) is 2. The van der Waals surface area contributed by atoms with E-state index in [0.29, 0.717) is 16.6 Å². The third kappa shape index (κ3) is 3.82. The Morgan fingerprint density at radius 3 is 2.50 bits per heavy atom. The first-order valence-electron chi connectivity index (χ1n) is 11.8. The second kappa shape index (κ2) is 9.02. The van der Waals surface area contributed by atoms with Crippen molar-refractivity contribution in [1.29, 1.82) is 0 Å². The summed E-state index contributed by atoms with van der Waals surface area (Å²) in [5.41, 5.74) is 3.34. The molecule has 0 radical (unpaired) electrons. The van der Waals surface area contributed by atoms with Crippen molar-refractivity contribution in [2.75, 3.05) is 24.4 Å². The lowest BCUT2D eigenvalue weighted by atomic mass is 9.78. The minimum atomic E-state index is -1.15. The van der Waals surface area contributed by atoms with Crippen LogP contribution in [0.15, 0.2) is 60.7 Å². The van der Waals surface area contributed by atoms with Crippen LogP contribution in [0.25, 0.3) is 0 Å². The number of anilines is 2. The number of thiocarbonyl (C=S) groups is 1. The Bertz CT molecular complexity index is 1340. The van der Waals surface area contributed by atoms with Gasteiger partial charge in [0.05, 0.1) is 20.3 Å². The van der Waals surface area contributed by atoms with Gasteiger partial charge >= 0.3 is 0 Å². The first kappa shape index (κ1) is 23.9. The molecule has 0 aromatic heterocycles. The summed E-state index contributed by atoms with van der Waals surface area (Å²) in [5, 5.41) is 7.04. The summed E-state index contributed by atoms with van der Waals surface area (Å²) in [6.07, 6.45) is 0. The zero-order valence-corrected chi connectivity index (χ0v) is 21.7. The van der Waals surface area contributed by atoms with Crippen molar-refractivity contribution in [1.82, 2.24) is 5.32 Å². The molecule has 2 bridgehead atoms. The van der Waals surface area contributed by atoms with Crippen LogP contribution in [-0.4, -0.2) is 31.0 Å². The molecule has 3 aromatic carbocycles. The van der Waals surface area contributed by atoms with Crippen molar-refractivity contribution in [3.05, 3.63) is 77.4 Å². The molecule has 186 valence electrons. The first-order chi connectivity index (χ1) is 17.3. The number of hydrogen-bond donors (Lipinski definition) is 2. The van der Waals surface area contributed by atoms with Gasteiger partial charge in [-0.05, 0) is 75.0 Å². The molecular formula is C28H29N3O4S. The number of benzene rings is 3. The van der Waals surface area contributed by atoms with Crippen LogP contribution < -0.4 is 29.7 Å². The average molecular weight is 504 g/mol. The molecule has 1 fully saturated rings. The van der Waals surface area contributed by atoms with Gasteiger partial charge in [-0.1, -0.05) is 29.8 Å². The van der Waals surface area contributed by atoms with Gasteiger partial charge in [-0.15, -0.1) is 0 Å². The third-order valence-corrected chi connectivity index (χ3v) is 7.26. The van der Waals surface area contributed by atoms with E-state index in [-0.39, 0.29) is 5.91 Å². The number of rotatable bonds is 5. The number of fused-ring (bicyclic) bond motifs is 4. The highest BCUT2D eigenvalue weighted by Crippen LogP contribution is 2.52. The van der Waals surface area contributed by atoms with E-state index < -0.39 is 17.7 Å². The maximum atomic E-state index is 14.0. The molecule has 3 aromatic rings. The lowest BCUT2D eigenvalue weighted by Crippen LogP contribution is -2.72. The van der Waals surface area contributed by atoms with E-state index in [1.54, 1.807) is 14.2 Å². The van der Waals surface area contributed by atoms with Crippen LogP contribution in [0.2, 0.25) is 0 Å². The van der Waals surface area contributed by atoms with Gasteiger partial charge in [-0.25, -0.2) is 0 Å². The van der Waals surface area contributed by atoms with Crippen LogP contribution in [0.5, 0.6) is 17.2 Å². The van der Waals surface area contributed by atoms with Crippen molar-refractivity contribution in [2.24, 2.45) is 5.92 Å². The molecule has 1 saturated heterocycles. The van der Waals surface area contributed by atoms with E-state index in [0.717, 1.165) is 33.8 Å². The van der Waals surface area contributed by atoms with Crippen molar-refractivity contribution >= 4 is 34.6 Å². The van der Waals surface area contributed by atoms with Crippen LogP contribution in [0, 0.1) is 19.8 Å². The largest absolute Gasteiger partial charge is 0.497 e. The van der Waals surface area contributed by atoms with Crippen molar-refractivity contribution < 1.29 is 19.0 Å². The van der Waals surface area contributed by atoms with E-state index in [4.69, 9.17) is 26.4 Å². The SMILES string of the molecule is COc1ccc(N2C(=S)N[C@@H]3c4cccc(OC)c4O[C@]2(C)[C@@H]3C(=O)Nc2ccc(C)cc2C)cc1. The first-order valence-corrected chi connectivity index (χ1v) is 12.2. The Kier molecular flexibility index (Phi) is 6.00. The fourth-order valence-corrected chi connectivity index (χ4v) is 5.63. The van der Waals surface area contributed by atoms with Crippen molar-refractivity contribution in [3.63, 3.8) is 0 Å². The number of methoxy groups -OCH3 is 2. The number of carbonyl (C=O) groups is 1. The topological polar surface area (TPSA) is 72.1 Å². The second-order valence-corrected chi connectivity index (χ2v) is 9.67. The normalized spacial score (nSPS) is 22.1. The molecule has 3 atom stereocenters. The smallest absolute Gasteiger partial charge is 0.236 e. The maximum absolute atomic E-state index is 14.0. The molecule has 36 heavy (non-hydrogen) atoms. The lowest BCUT2D eigenvalue weighted by molar-refractivity contribution is -0.130. The zero-order valence-electron chi connectivity index (χ0n) is 20.9. The van der Waals surface area contributed by atoms with Crippen LogP contribution in [0.3, 0.4) is 0 Å². The quantitative estimate of drug-likeness (QED) is 0.468. The van der Waals surface area contributed by atoms with E-state index in [1.165, 1.54) is 0 Å². The monoisotopic (exact) mass is 503 g/mol. The predicted octanol–water partition coefficient (Wildman–Crippen LogP) is 5.12. The Morgan fingerprint density at radius 1 is 1.08 bits per heavy atom. The van der Waals surface area contributed by atoms with E-state index in [1.807, 2.05) is 86.3 Å². The highest BCUT2D eigenvalue weighted by molar-refractivity contribution is 7.80. The van der Waals surface area contributed by atoms with Gasteiger partial charge in [-0.2, -0.15) is 0 Å². The average Bonchev–Trinajstić information content (AvgIpc) is 2.85. The number of amides is 1. The molecule has 8 heteroatoms. The van der Waals surface area contributed by atoms with E-state index >= 15 is 0 Å². The summed E-state index contributed by atoms with van der Waals surface area (Å²) in [5.74, 6) is 1.10. The summed E-state index contributed by atoms with van der Waals surface area (Å²) >= 11 is 5.83. The highest BCUT2D eigenvalue weighted by Gasteiger charge is 2.59. The van der Waals surface area contributed by atoms with Crippen LogP contribution >= 0.6 is 12.2 Å². The van der Waals surface area contributed by atoms with Gasteiger partial charge in [0.1, 0.15) is 11.7 Å². The fraction of sp³-hybridized carbons (Fsp3) is 0.286. The Labute approximate surface area is 216 Å². The molecule has 2 aliphatic heterocycles. The molecule has 2 heterocycles. The third-order valence-electron chi connectivity index (χ3n) is 6.96. The highest BCUT2D eigenvalue weighted by atomic mass is 32.1. The molecule has 0 aliphatic carbocycles. The molecule has 5 rings (SSSR count). The predicted molar refractivity (Wildman–Crippen MR) is 144 cm³/mol. The van der Waals surface area contributed by atoms with Crippen LogP contribution in [-0.2, 0) is 4.79 Å². The molecular weight excluding hydrogens is 474 g/mol. The van der Waals surface area contributed by atoms with Gasteiger partial charge in [0.2, 0.25) is 5.91 Å². The molecule has 2 aliphatic rings. The molecule has 1 amide bonds. The maximum Gasteiger partial charge on any atom is 0.236 e. The molecule has 7 nitrogen and oxygen atoms in total. The van der Waals surface area contributed by atoms with Gasteiger partial charge in [0.25, 0.3) is 0 Å². The molecule has 2 N–H and O–H groups in total. The van der Waals surface area contributed by atoms with Crippen molar-refractivity contribution in [3.8, 4) is 17.2 Å². The summed E-state index contributed by atoms with van der Waals surface area (Å²) < 4.78 is 17.7. The number of hydrogen-bond acceptors (Lipinski definition) is 5. The number of nitrogens with zero attached hydrogens (tertiary/aromatic N) is 1. The summed E-state index contributed by atoms with van der Waals surface area (Å²) in [6.45, 7) is 5.92. The zero-order chi connectivity index (χ0) is 25.6. The number of carbonyl (C=O) groups excluding carboxylic acids is 1. The lowest BCUT2D eigenvalue weighted by Gasteiger charge is -2.56.